The van der Waals surface area contributed by atoms with Crippen molar-refractivity contribution in [2.75, 3.05) is 19.6 Å². The van der Waals surface area contributed by atoms with Crippen molar-refractivity contribution in [3.05, 3.63) is 18.2 Å². The summed E-state index contributed by atoms with van der Waals surface area (Å²) in [5.74, 6) is 1.14. The largest absolute Gasteiger partial charge is 0.338 e. The highest BCUT2D eigenvalue weighted by atomic mass is 15.2. The number of hydrogen-bond donors (Lipinski definition) is 1. The lowest BCUT2D eigenvalue weighted by atomic mass is 9.89. The van der Waals surface area contributed by atoms with Crippen LogP contribution in [-0.2, 0) is 13.5 Å². The maximum atomic E-state index is 4.47. The van der Waals surface area contributed by atoms with Gasteiger partial charge in [-0.05, 0) is 33.5 Å². The van der Waals surface area contributed by atoms with Crippen LogP contribution >= 0.6 is 0 Å². The minimum Gasteiger partial charge on any atom is -0.338 e. The van der Waals surface area contributed by atoms with Crippen molar-refractivity contribution in [3.63, 3.8) is 0 Å². The molecule has 0 amide bonds. The van der Waals surface area contributed by atoms with Gasteiger partial charge in [-0.2, -0.15) is 0 Å². The van der Waals surface area contributed by atoms with E-state index in [4.69, 9.17) is 0 Å². The Kier molecular flexibility index (Phi) is 6.01. The van der Waals surface area contributed by atoms with Gasteiger partial charge in [-0.3, -0.25) is 4.90 Å². The Labute approximate surface area is 118 Å². The van der Waals surface area contributed by atoms with Gasteiger partial charge < -0.3 is 9.88 Å². The second-order valence-corrected chi connectivity index (χ2v) is 5.59. The molecule has 0 radical (unpaired) electrons. The predicted molar refractivity (Wildman–Crippen MR) is 81.4 cm³/mol. The summed E-state index contributed by atoms with van der Waals surface area (Å²) < 4.78 is 2.11. The molecular weight excluding hydrogens is 236 g/mol. The number of rotatable bonds is 8. The summed E-state index contributed by atoms with van der Waals surface area (Å²) in [5.41, 5.74) is 0.117. The number of aromatic nitrogens is 2. The Hall–Kier alpha value is -0.870. The second kappa shape index (κ2) is 7.06. The lowest BCUT2D eigenvalue weighted by molar-refractivity contribution is 0.0907. The molecule has 1 unspecified atom stereocenters. The molecule has 0 aliphatic carbocycles. The average Bonchev–Trinajstić information content (AvgIpc) is 2.75. The van der Waals surface area contributed by atoms with E-state index in [0.29, 0.717) is 6.04 Å². The zero-order valence-electron chi connectivity index (χ0n) is 13.4. The van der Waals surface area contributed by atoms with Crippen LogP contribution in [0.1, 0.15) is 40.4 Å². The highest BCUT2D eigenvalue weighted by Crippen LogP contribution is 2.21. The van der Waals surface area contributed by atoms with Crippen LogP contribution in [0.25, 0.3) is 0 Å². The second-order valence-electron chi connectivity index (χ2n) is 5.59. The molecule has 1 aromatic rings. The van der Waals surface area contributed by atoms with Crippen LogP contribution < -0.4 is 5.32 Å². The molecule has 1 rings (SSSR count). The fourth-order valence-electron chi connectivity index (χ4n) is 2.85. The molecule has 1 N–H and O–H groups in total. The molecule has 110 valence electrons. The van der Waals surface area contributed by atoms with Crippen LogP contribution in [0, 0.1) is 0 Å². The zero-order valence-corrected chi connectivity index (χ0v) is 13.4. The van der Waals surface area contributed by atoms with Gasteiger partial charge in [0.15, 0.2) is 0 Å². The third kappa shape index (κ3) is 3.80. The Morgan fingerprint density at radius 1 is 1.32 bits per heavy atom. The molecule has 0 fully saturated rings. The molecule has 19 heavy (non-hydrogen) atoms. The minimum absolute atomic E-state index is 0.117. The van der Waals surface area contributed by atoms with Crippen LogP contribution in [0.4, 0.5) is 0 Å². The van der Waals surface area contributed by atoms with Gasteiger partial charge in [0.2, 0.25) is 0 Å². The number of nitrogens with zero attached hydrogens (tertiary/aromatic N) is 3. The topological polar surface area (TPSA) is 33.1 Å². The van der Waals surface area contributed by atoms with E-state index in [1.165, 1.54) is 0 Å². The summed E-state index contributed by atoms with van der Waals surface area (Å²) in [7, 11) is 2.07. The molecule has 0 aliphatic rings. The van der Waals surface area contributed by atoms with Crippen molar-refractivity contribution in [3.8, 4) is 0 Å². The molecule has 1 heterocycles. The molecule has 0 spiro atoms. The molecule has 1 atom stereocenters. The van der Waals surface area contributed by atoms with Gasteiger partial charge in [0.25, 0.3) is 0 Å². The van der Waals surface area contributed by atoms with E-state index >= 15 is 0 Å². The van der Waals surface area contributed by atoms with Crippen LogP contribution in [0.5, 0.6) is 0 Å². The fourth-order valence-corrected chi connectivity index (χ4v) is 2.85. The minimum atomic E-state index is 0.117. The van der Waals surface area contributed by atoms with Gasteiger partial charge in [0, 0.05) is 37.4 Å². The number of nitrogens with one attached hydrogen (secondary N) is 1. The quantitative estimate of drug-likeness (QED) is 0.782. The predicted octanol–water partition coefficient (Wildman–Crippen LogP) is 2.06. The Balaban J connectivity index is 2.89. The molecule has 4 nitrogen and oxygen atoms in total. The van der Waals surface area contributed by atoms with Crippen LogP contribution in [0.2, 0.25) is 0 Å². The van der Waals surface area contributed by atoms with Crippen molar-refractivity contribution >= 4 is 0 Å². The van der Waals surface area contributed by atoms with E-state index in [1.807, 2.05) is 12.4 Å². The molecule has 0 aromatic carbocycles. The van der Waals surface area contributed by atoms with Gasteiger partial charge in [-0.25, -0.2) is 4.98 Å². The highest BCUT2D eigenvalue weighted by Gasteiger charge is 2.34. The fraction of sp³-hybridized carbons (Fsp3) is 0.800. The van der Waals surface area contributed by atoms with Gasteiger partial charge in [0.1, 0.15) is 5.82 Å². The maximum absolute atomic E-state index is 4.47. The number of likely N-dealkylation sites (N-methyl/N-ethyl adjacent to an activating group) is 2. The monoisotopic (exact) mass is 266 g/mol. The summed E-state index contributed by atoms with van der Waals surface area (Å²) in [6, 6.07) is 0.401. The summed E-state index contributed by atoms with van der Waals surface area (Å²) in [5, 5.41) is 3.64. The first-order valence-corrected chi connectivity index (χ1v) is 7.41. The number of aryl methyl sites for hydroxylation is 1. The van der Waals surface area contributed by atoms with Crippen LogP contribution in [0.15, 0.2) is 12.4 Å². The molecule has 4 heteroatoms. The molecule has 0 bridgehead atoms. The first-order chi connectivity index (χ1) is 8.97. The smallest absolute Gasteiger partial charge is 0.109 e. The van der Waals surface area contributed by atoms with Crippen LogP contribution in [0.3, 0.4) is 0 Å². The van der Waals surface area contributed by atoms with Gasteiger partial charge in [-0.1, -0.05) is 20.8 Å². The third-order valence-electron chi connectivity index (χ3n) is 4.19. The Morgan fingerprint density at radius 2 is 1.95 bits per heavy atom. The van der Waals surface area contributed by atoms with E-state index in [0.717, 1.165) is 31.9 Å². The lowest BCUT2D eigenvalue weighted by Gasteiger charge is -2.43. The normalized spacial score (nSPS) is 14.1. The van der Waals surface area contributed by atoms with Gasteiger partial charge in [-0.15, -0.1) is 0 Å². The molecule has 0 saturated heterocycles. The van der Waals surface area contributed by atoms with Gasteiger partial charge in [0.05, 0.1) is 0 Å². The highest BCUT2D eigenvalue weighted by molar-refractivity contribution is 5.02. The van der Waals surface area contributed by atoms with E-state index in [-0.39, 0.29) is 5.54 Å². The van der Waals surface area contributed by atoms with E-state index in [1.54, 1.807) is 0 Å². The SMILES string of the molecule is CCNC(Cc1nccn1C)C(C)(C)N(CC)CC. The lowest BCUT2D eigenvalue weighted by Crippen LogP contribution is -2.58. The van der Waals surface area contributed by atoms with Crippen molar-refractivity contribution in [1.82, 2.24) is 19.8 Å². The maximum Gasteiger partial charge on any atom is 0.109 e. The van der Waals surface area contributed by atoms with Crippen molar-refractivity contribution in [2.45, 2.75) is 52.6 Å². The summed E-state index contributed by atoms with van der Waals surface area (Å²) in [6.07, 6.45) is 4.85. The zero-order chi connectivity index (χ0) is 14.5. The van der Waals surface area contributed by atoms with E-state index in [9.17, 15) is 0 Å². The first kappa shape index (κ1) is 16.2. The Bertz CT molecular complexity index is 366. The number of hydrogen-bond acceptors (Lipinski definition) is 3. The molecule has 0 aliphatic heterocycles. The summed E-state index contributed by atoms with van der Waals surface area (Å²) >= 11 is 0. The van der Waals surface area contributed by atoms with Crippen molar-refractivity contribution < 1.29 is 0 Å². The molecule has 0 saturated carbocycles. The number of imidazole rings is 1. The standard InChI is InChI=1S/C15H30N4/c1-7-16-13(12-14-17-10-11-18(14)6)15(4,5)19(8-2)9-3/h10-11,13,16H,7-9,12H2,1-6H3. The molecule has 1 aromatic heterocycles. The summed E-state index contributed by atoms with van der Waals surface area (Å²) in [4.78, 5) is 6.98. The first-order valence-electron chi connectivity index (χ1n) is 7.41. The van der Waals surface area contributed by atoms with E-state index in [2.05, 4.69) is 61.4 Å². The average molecular weight is 266 g/mol. The Morgan fingerprint density at radius 3 is 2.37 bits per heavy atom. The van der Waals surface area contributed by atoms with Crippen molar-refractivity contribution in [2.24, 2.45) is 7.05 Å². The summed E-state index contributed by atoms with van der Waals surface area (Å²) in [6.45, 7) is 14.4. The van der Waals surface area contributed by atoms with Gasteiger partial charge >= 0.3 is 0 Å². The van der Waals surface area contributed by atoms with Crippen LogP contribution in [-0.4, -0.2) is 45.7 Å². The van der Waals surface area contributed by atoms with E-state index < -0.39 is 0 Å². The molecular formula is C15H30N4. The third-order valence-corrected chi connectivity index (χ3v) is 4.19. The van der Waals surface area contributed by atoms with Crippen molar-refractivity contribution in [1.29, 1.82) is 0 Å².